The van der Waals surface area contributed by atoms with Gasteiger partial charge in [0.1, 0.15) is 0 Å². The number of carbonyl (C=O) groups excluding carboxylic acids is 1. The molecule has 1 aromatic heterocycles. The van der Waals surface area contributed by atoms with Crippen molar-refractivity contribution in [1.29, 1.82) is 0 Å². The molecule has 1 aromatic carbocycles. The fourth-order valence-corrected chi connectivity index (χ4v) is 1.94. The van der Waals surface area contributed by atoms with Crippen LogP contribution in [0.4, 0.5) is 0 Å². The van der Waals surface area contributed by atoms with Crippen LogP contribution in [0.3, 0.4) is 0 Å². The predicted octanol–water partition coefficient (Wildman–Crippen LogP) is 2.36. The first-order valence-corrected chi connectivity index (χ1v) is 6.37. The average molecular weight is 284 g/mol. The quantitative estimate of drug-likeness (QED) is 0.871. The summed E-state index contributed by atoms with van der Waals surface area (Å²) < 4.78 is 5.42. The van der Waals surface area contributed by atoms with E-state index in [2.05, 4.69) is 10.2 Å². The molecule has 1 atom stereocenters. The van der Waals surface area contributed by atoms with E-state index in [0.717, 1.165) is 17.3 Å². The Bertz CT molecular complexity index is 556. The number of benzene rings is 1. The van der Waals surface area contributed by atoms with E-state index in [0.29, 0.717) is 16.1 Å². The van der Waals surface area contributed by atoms with Crippen molar-refractivity contribution in [1.82, 2.24) is 10.2 Å². The van der Waals surface area contributed by atoms with Gasteiger partial charge in [-0.15, -0.1) is 10.2 Å². The average Bonchev–Trinajstić information content (AvgIpc) is 2.78. The van der Waals surface area contributed by atoms with E-state index < -0.39 is 11.2 Å². The van der Waals surface area contributed by atoms with E-state index in [9.17, 15) is 4.79 Å². The molecule has 2 rings (SSSR count). The number of aromatic nitrogens is 2. The zero-order valence-corrected chi connectivity index (χ0v) is 11.0. The first-order chi connectivity index (χ1) is 8.56. The predicted molar refractivity (Wildman–Crippen MR) is 69.3 cm³/mol. The van der Waals surface area contributed by atoms with E-state index in [1.165, 1.54) is 0 Å². The molecule has 1 amide bonds. The van der Waals surface area contributed by atoms with E-state index >= 15 is 0 Å². The molecule has 94 valence electrons. The molecule has 7 heteroatoms. The number of halogens is 1. The summed E-state index contributed by atoms with van der Waals surface area (Å²) in [6.45, 7) is 1.68. The van der Waals surface area contributed by atoms with Crippen LogP contribution in [-0.2, 0) is 4.79 Å². The van der Waals surface area contributed by atoms with Crippen LogP contribution >= 0.6 is 23.4 Å². The second kappa shape index (κ2) is 5.41. The number of rotatable bonds is 4. The summed E-state index contributed by atoms with van der Waals surface area (Å²) in [6.07, 6.45) is 0. The third-order valence-corrected chi connectivity index (χ3v) is 3.38. The van der Waals surface area contributed by atoms with Gasteiger partial charge in [-0.1, -0.05) is 23.4 Å². The maximum absolute atomic E-state index is 10.9. The van der Waals surface area contributed by atoms with Gasteiger partial charge in [0.25, 0.3) is 5.22 Å². The minimum Gasteiger partial charge on any atom is -0.411 e. The van der Waals surface area contributed by atoms with Crippen LogP contribution < -0.4 is 5.73 Å². The number of carbonyl (C=O) groups is 1. The highest BCUT2D eigenvalue weighted by molar-refractivity contribution is 8.00. The van der Waals surface area contributed by atoms with Crippen molar-refractivity contribution in [2.24, 2.45) is 5.73 Å². The molecule has 0 spiro atoms. The van der Waals surface area contributed by atoms with Gasteiger partial charge in [0, 0.05) is 10.6 Å². The number of hydrogen-bond acceptors (Lipinski definition) is 5. The number of hydrogen-bond donors (Lipinski definition) is 1. The molecular formula is C11H10ClN3O2S. The number of amides is 1. The fourth-order valence-electron chi connectivity index (χ4n) is 1.18. The van der Waals surface area contributed by atoms with Gasteiger partial charge in [0.2, 0.25) is 11.8 Å². The summed E-state index contributed by atoms with van der Waals surface area (Å²) in [7, 11) is 0. The van der Waals surface area contributed by atoms with Crippen molar-refractivity contribution in [2.75, 3.05) is 0 Å². The Balaban J connectivity index is 2.15. The van der Waals surface area contributed by atoms with Crippen LogP contribution in [0.1, 0.15) is 6.92 Å². The molecule has 5 nitrogen and oxygen atoms in total. The molecule has 0 saturated carbocycles. The SMILES string of the molecule is C[C@@H](Sc1nnc(-c2ccc(Cl)cc2)o1)C(N)=O. The number of nitrogens with zero attached hydrogens (tertiary/aromatic N) is 2. The molecule has 0 aliphatic rings. The van der Waals surface area contributed by atoms with Crippen molar-refractivity contribution < 1.29 is 9.21 Å². The molecule has 0 aliphatic carbocycles. The normalized spacial score (nSPS) is 12.3. The van der Waals surface area contributed by atoms with Crippen LogP contribution in [0.5, 0.6) is 0 Å². The minimum atomic E-state index is -0.425. The monoisotopic (exact) mass is 283 g/mol. The Morgan fingerprint density at radius 2 is 2.06 bits per heavy atom. The molecule has 0 bridgehead atoms. The maximum atomic E-state index is 10.9. The topological polar surface area (TPSA) is 82.0 Å². The maximum Gasteiger partial charge on any atom is 0.277 e. The van der Waals surface area contributed by atoms with Gasteiger partial charge in [0.15, 0.2) is 0 Å². The van der Waals surface area contributed by atoms with Crippen LogP contribution in [0, 0.1) is 0 Å². The first kappa shape index (κ1) is 12.9. The zero-order valence-electron chi connectivity index (χ0n) is 9.46. The van der Waals surface area contributed by atoms with Crippen molar-refractivity contribution in [3.63, 3.8) is 0 Å². The molecular weight excluding hydrogens is 274 g/mol. The van der Waals surface area contributed by atoms with Crippen LogP contribution in [0.25, 0.3) is 11.5 Å². The summed E-state index contributed by atoms with van der Waals surface area (Å²) in [5, 5.41) is 8.27. The van der Waals surface area contributed by atoms with Crippen molar-refractivity contribution in [3.05, 3.63) is 29.3 Å². The molecule has 0 radical (unpaired) electrons. The van der Waals surface area contributed by atoms with Crippen LogP contribution in [0.2, 0.25) is 5.02 Å². The Hall–Kier alpha value is -1.53. The summed E-state index contributed by atoms with van der Waals surface area (Å²) >= 11 is 6.92. The van der Waals surface area contributed by atoms with E-state index in [1.807, 2.05) is 0 Å². The lowest BCUT2D eigenvalue weighted by molar-refractivity contribution is -0.117. The Morgan fingerprint density at radius 3 is 2.67 bits per heavy atom. The third-order valence-electron chi connectivity index (χ3n) is 2.18. The van der Waals surface area contributed by atoms with Gasteiger partial charge >= 0.3 is 0 Å². The number of thioether (sulfide) groups is 1. The lowest BCUT2D eigenvalue weighted by Gasteiger charge is -2.00. The molecule has 0 fully saturated rings. The van der Waals surface area contributed by atoms with Crippen LogP contribution in [-0.4, -0.2) is 21.4 Å². The fraction of sp³-hybridized carbons (Fsp3) is 0.182. The highest BCUT2D eigenvalue weighted by Crippen LogP contribution is 2.26. The van der Waals surface area contributed by atoms with Gasteiger partial charge in [-0.25, -0.2) is 0 Å². The Morgan fingerprint density at radius 1 is 1.39 bits per heavy atom. The van der Waals surface area contributed by atoms with Crippen LogP contribution in [0.15, 0.2) is 33.9 Å². The van der Waals surface area contributed by atoms with Gasteiger partial charge in [-0.05, 0) is 31.2 Å². The van der Waals surface area contributed by atoms with E-state index in [1.54, 1.807) is 31.2 Å². The van der Waals surface area contributed by atoms with Crippen molar-refractivity contribution >= 4 is 29.3 Å². The largest absolute Gasteiger partial charge is 0.411 e. The summed E-state index contributed by atoms with van der Waals surface area (Å²) in [6, 6.07) is 7.03. The second-order valence-corrected chi connectivity index (χ2v) is 5.27. The number of nitrogens with two attached hydrogens (primary N) is 1. The molecule has 2 aromatic rings. The molecule has 1 heterocycles. The highest BCUT2D eigenvalue weighted by atomic mass is 35.5. The second-order valence-electron chi connectivity index (χ2n) is 3.54. The van der Waals surface area contributed by atoms with Gasteiger partial charge in [-0.2, -0.15) is 0 Å². The molecule has 18 heavy (non-hydrogen) atoms. The number of primary amides is 1. The lowest BCUT2D eigenvalue weighted by Crippen LogP contribution is -2.22. The summed E-state index contributed by atoms with van der Waals surface area (Å²) in [5.41, 5.74) is 5.92. The summed E-state index contributed by atoms with van der Waals surface area (Å²) in [4.78, 5) is 10.9. The third kappa shape index (κ3) is 3.02. The van der Waals surface area contributed by atoms with E-state index in [-0.39, 0.29) is 0 Å². The van der Waals surface area contributed by atoms with E-state index in [4.69, 9.17) is 21.8 Å². The zero-order chi connectivity index (χ0) is 13.1. The first-order valence-electron chi connectivity index (χ1n) is 5.11. The molecule has 2 N–H and O–H groups in total. The standard InChI is InChI=1S/C11H10ClN3O2S/c1-6(9(13)16)18-11-15-14-10(17-11)7-2-4-8(12)5-3-7/h2-6H,1H3,(H2,13,16)/t6-/m1/s1. The van der Waals surface area contributed by atoms with Gasteiger partial charge in [0.05, 0.1) is 5.25 Å². The molecule has 0 aliphatic heterocycles. The Kier molecular flexibility index (Phi) is 3.88. The van der Waals surface area contributed by atoms with Crippen molar-refractivity contribution in [3.8, 4) is 11.5 Å². The van der Waals surface area contributed by atoms with Gasteiger partial charge in [-0.3, -0.25) is 4.79 Å². The smallest absolute Gasteiger partial charge is 0.277 e. The highest BCUT2D eigenvalue weighted by Gasteiger charge is 2.16. The minimum absolute atomic E-state index is 0.311. The lowest BCUT2D eigenvalue weighted by atomic mass is 10.2. The molecule has 0 saturated heterocycles. The van der Waals surface area contributed by atoms with Gasteiger partial charge < -0.3 is 10.2 Å². The Labute approximate surface area is 113 Å². The summed E-state index contributed by atoms with van der Waals surface area (Å²) in [5.74, 6) is -0.0444. The van der Waals surface area contributed by atoms with Crippen molar-refractivity contribution in [2.45, 2.75) is 17.4 Å². The molecule has 0 unspecified atom stereocenters.